The van der Waals surface area contributed by atoms with Gasteiger partial charge in [-0.1, -0.05) is 0 Å². The zero-order valence-corrected chi connectivity index (χ0v) is 9.81. The van der Waals surface area contributed by atoms with Crippen molar-refractivity contribution in [3.05, 3.63) is 23.8 Å². The molecular weight excluding hydrogens is 210 g/mol. The summed E-state index contributed by atoms with van der Waals surface area (Å²) in [4.78, 5) is 16.6. The minimum Gasteiger partial charge on any atom is -0.493 e. The van der Waals surface area contributed by atoms with E-state index in [0.717, 1.165) is 5.06 Å². The number of hydrogen-bond acceptors (Lipinski definition) is 4. The van der Waals surface area contributed by atoms with Crippen molar-refractivity contribution in [2.24, 2.45) is 0 Å². The molecule has 0 fully saturated rings. The molecule has 16 heavy (non-hydrogen) atoms. The van der Waals surface area contributed by atoms with Crippen LogP contribution in [0.15, 0.2) is 18.2 Å². The lowest BCUT2D eigenvalue weighted by Crippen LogP contribution is -2.25. The number of benzene rings is 1. The molecule has 1 rings (SSSR count). The van der Waals surface area contributed by atoms with E-state index in [-0.39, 0.29) is 5.91 Å². The van der Waals surface area contributed by atoms with Gasteiger partial charge in [-0.2, -0.15) is 0 Å². The molecule has 0 N–H and O–H groups in total. The molecule has 0 saturated heterocycles. The van der Waals surface area contributed by atoms with Gasteiger partial charge < -0.3 is 9.47 Å². The minimum atomic E-state index is -0.247. The molecule has 0 radical (unpaired) electrons. The summed E-state index contributed by atoms with van der Waals surface area (Å²) < 4.78 is 10.2. The van der Waals surface area contributed by atoms with Crippen molar-refractivity contribution in [3.63, 3.8) is 0 Å². The molecule has 0 aliphatic heterocycles. The van der Waals surface area contributed by atoms with Crippen LogP contribution >= 0.6 is 0 Å². The van der Waals surface area contributed by atoms with Gasteiger partial charge in [-0.15, -0.1) is 0 Å². The number of nitrogens with zero attached hydrogens (tertiary/aromatic N) is 1. The van der Waals surface area contributed by atoms with Crippen LogP contribution in [-0.4, -0.2) is 39.3 Å². The maximum absolute atomic E-state index is 11.7. The van der Waals surface area contributed by atoms with E-state index in [4.69, 9.17) is 14.3 Å². The predicted molar refractivity (Wildman–Crippen MR) is 58.6 cm³/mol. The zero-order chi connectivity index (χ0) is 12.1. The van der Waals surface area contributed by atoms with E-state index < -0.39 is 0 Å². The quantitative estimate of drug-likeness (QED) is 0.725. The lowest BCUT2D eigenvalue weighted by Gasteiger charge is -2.14. The summed E-state index contributed by atoms with van der Waals surface area (Å²) in [6.07, 6.45) is 0. The summed E-state index contributed by atoms with van der Waals surface area (Å²) in [6.45, 7) is 0. The third-order valence-electron chi connectivity index (χ3n) is 2.19. The summed E-state index contributed by atoms with van der Waals surface area (Å²) in [7, 11) is 6.03. The standard InChI is InChI=1S/C11H15NO4/c1-12(16-4)11(13)8-5-6-9(14-2)10(7-8)15-3/h5-7H,1-4H3. The Hall–Kier alpha value is -1.75. The number of carbonyl (C=O) groups excluding carboxylic acids is 1. The topological polar surface area (TPSA) is 48.0 Å². The molecule has 1 amide bonds. The van der Waals surface area contributed by atoms with Crippen molar-refractivity contribution in [2.45, 2.75) is 0 Å². The van der Waals surface area contributed by atoms with Gasteiger partial charge in [0.25, 0.3) is 5.91 Å². The molecule has 0 aromatic heterocycles. The van der Waals surface area contributed by atoms with Crippen molar-refractivity contribution in [3.8, 4) is 11.5 Å². The van der Waals surface area contributed by atoms with Crippen LogP contribution in [0.25, 0.3) is 0 Å². The van der Waals surface area contributed by atoms with Gasteiger partial charge in [0.2, 0.25) is 0 Å². The lowest BCUT2D eigenvalue weighted by molar-refractivity contribution is -0.0757. The van der Waals surface area contributed by atoms with Gasteiger partial charge in [0.05, 0.1) is 21.3 Å². The van der Waals surface area contributed by atoms with Crippen molar-refractivity contribution in [2.75, 3.05) is 28.4 Å². The Bertz CT molecular complexity index is 378. The first kappa shape index (κ1) is 12.3. The molecule has 5 heteroatoms. The average molecular weight is 225 g/mol. The molecule has 0 atom stereocenters. The van der Waals surface area contributed by atoms with Crippen molar-refractivity contribution < 1.29 is 19.1 Å². The van der Waals surface area contributed by atoms with Crippen LogP contribution in [0.3, 0.4) is 0 Å². The van der Waals surface area contributed by atoms with Crippen LogP contribution in [0.1, 0.15) is 10.4 Å². The van der Waals surface area contributed by atoms with Crippen LogP contribution in [-0.2, 0) is 4.84 Å². The first-order valence-corrected chi connectivity index (χ1v) is 4.68. The monoisotopic (exact) mass is 225 g/mol. The summed E-state index contributed by atoms with van der Waals surface area (Å²) in [6, 6.07) is 4.94. The zero-order valence-electron chi connectivity index (χ0n) is 9.81. The molecule has 0 spiro atoms. The molecule has 0 aliphatic carbocycles. The van der Waals surface area contributed by atoms with Crippen LogP contribution in [0.4, 0.5) is 0 Å². The van der Waals surface area contributed by atoms with Gasteiger partial charge in [-0.25, -0.2) is 5.06 Å². The van der Waals surface area contributed by atoms with E-state index in [9.17, 15) is 4.79 Å². The molecule has 88 valence electrons. The number of rotatable bonds is 4. The highest BCUT2D eigenvalue weighted by molar-refractivity contribution is 5.94. The molecule has 0 aliphatic rings. The Kier molecular flexibility index (Phi) is 4.13. The fourth-order valence-electron chi connectivity index (χ4n) is 1.23. The minimum absolute atomic E-state index is 0.247. The highest BCUT2D eigenvalue weighted by atomic mass is 16.7. The number of ether oxygens (including phenoxy) is 2. The summed E-state index contributed by atoms with van der Waals surface area (Å²) in [5, 5.41) is 1.14. The second kappa shape index (κ2) is 5.37. The summed E-state index contributed by atoms with van der Waals surface area (Å²) >= 11 is 0. The Morgan fingerprint density at radius 1 is 1.12 bits per heavy atom. The van der Waals surface area contributed by atoms with Gasteiger partial charge in [0, 0.05) is 12.6 Å². The van der Waals surface area contributed by atoms with Crippen LogP contribution in [0, 0.1) is 0 Å². The fraction of sp³-hybridized carbons (Fsp3) is 0.364. The largest absolute Gasteiger partial charge is 0.493 e. The molecular formula is C11H15NO4. The lowest BCUT2D eigenvalue weighted by atomic mass is 10.2. The van der Waals surface area contributed by atoms with Crippen molar-refractivity contribution in [1.29, 1.82) is 0 Å². The highest BCUT2D eigenvalue weighted by Crippen LogP contribution is 2.27. The van der Waals surface area contributed by atoms with Crippen molar-refractivity contribution in [1.82, 2.24) is 5.06 Å². The summed E-state index contributed by atoms with van der Waals surface area (Å²) in [5.41, 5.74) is 0.474. The average Bonchev–Trinajstić information content (AvgIpc) is 2.35. The normalized spacial score (nSPS) is 9.75. The van der Waals surface area contributed by atoms with Gasteiger partial charge in [0.15, 0.2) is 11.5 Å². The Balaban J connectivity index is 3.03. The second-order valence-corrected chi connectivity index (χ2v) is 3.05. The van der Waals surface area contributed by atoms with Crippen LogP contribution in [0.2, 0.25) is 0 Å². The van der Waals surface area contributed by atoms with Crippen LogP contribution < -0.4 is 9.47 Å². The summed E-state index contributed by atoms with van der Waals surface area (Å²) in [5.74, 6) is 0.848. The molecule has 1 aromatic carbocycles. The van der Waals surface area contributed by atoms with Gasteiger partial charge in [-0.05, 0) is 18.2 Å². The highest BCUT2D eigenvalue weighted by Gasteiger charge is 2.14. The van der Waals surface area contributed by atoms with E-state index in [1.807, 2.05) is 0 Å². The van der Waals surface area contributed by atoms with Gasteiger partial charge in [0.1, 0.15) is 0 Å². The molecule has 0 bridgehead atoms. The molecule has 0 heterocycles. The molecule has 1 aromatic rings. The SMILES string of the molecule is COc1ccc(C(=O)N(C)OC)cc1OC. The number of hydroxylamine groups is 2. The first-order valence-electron chi connectivity index (χ1n) is 4.68. The molecule has 0 unspecified atom stereocenters. The van der Waals surface area contributed by atoms with E-state index in [0.29, 0.717) is 17.1 Å². The third-order valence-corrected chi connectivity index (χ3v) is 2.19. The molecule has 5 nitrogen and oxygen atoms in total. The predicted octanol–water partition coefficient (Wildman–Crippen LogP) is 1.34. The Labute approximate surface area is 94.5 Å². The van der Waals surface area contributed by atoms with E-state index in [2.05, 4.69) is 0 Å². The maximum atomic E-state index is 11.7. The first-order chi connectivity index (χ1) is 7.63. The van der Waals surface area contributed by atoms with E-state index in [1.165, 1.54) is 14.2 Å². The third kappa shape index (κ3) is 2.43. The fourth-order valence-corrected chi connectivity index (χ4v) is 1.23. The number of carbonyl (C=O) groups is 1. The molecule has 0 saturated carbocycles. The van der Waals surface area contributed by atoms with Crippen molar-refractivity contribution >= 4 is 5.91 Å². The Morgan fingerprint density at radius 2 is 1.75 bits per heavy atom. The smallest absolute Gasteiger partial charge is 0.277 e. The number of hydrogen-bond donors (Lipinski definition) is 0. The van der Waals surface area contributed by atoms with E-state index in [1.54, 1.807) is 32.4 Å². The maximum Gasteiger partial charge on any atom is 0.277 e. The van der Waals surface area contributed by atoms with Gasteiger partial charge >= 0.3 is 0 Å². The second-order valence-electron chi connectivity index (χ2n) is 3.05. The number of amides is 1. The number of methoxy groups -OCH3 is 2. The van der Waals surface area contributed by atoms with Gasteiger partial charge in [-0.3, -0.25) is 9.63 Å². The Morgan fingerprint density at radius 3 is 2.25 bits per heavy atom. The van der Waals surface area contributed by atoms with Crippen LogP contribution in [0.5, 0.6) is 11.5 Å². The van der Waals surface area contributed by atoms with E-state index >= 15 is 0 Å².